The van der Waals surface area contributed by atoms with E-state index in [4.69, 9.17) is 5.73 Å². The number of carbonyl (C=O) groups excluding carboxylic acids is 1. The molecular weight excluding hydrogens is 353 g/mol. The van der Waals surface area contributed by atoms with Crippen molar-refractivity contribution in [1.29, 1.82) is 0 Å². The number of halogens is 1. The third-order valence-electron chi connectivity index (χ3n) is 4.66. The number of primary amides is 1. The van der Waals surface area contributed by atoms with Gasteiger partial charge in [0.25, 0.3) is 5.91 Å². The van der Waals surface area contributed by atoms with Crippen molar-refractivity contribution in [3.8, 4) is 0 Å². The van der Waals surface area contributed by atoms with Gasteiger partial charge >= 0.3 is 0 Å². The van der Waals surface area contributed by atoms with E-state index in [0.717, 1.165) is 35.7 Å². The minimum absolute atomic E-state index is 0.0436. The number of hydrogen-bond acceptors (Lipinski definition) is 5. The van der Waals surface area contributed by atoms with Gasteiger partial charge < -0.3 is 10.6 Å². The van der Waals surface area contributed by atoms with Crippen LogP contribution in [-0.2, 0) is 0 Å². The fourth-order valence-corrected chi connectivity index (χ4v) is 3.95. The van der Waals surface area contributed by atoms with Crippen LogP contribution in [0.3, 0.4) is 0 Å². The van der Waals surface area contributed by atoms with E-state index in [1.807, 2.05) is 24.5 Å². The number of hydrogen-bond donors (Lipinski definition) is 1. The highest BCUT2D eigenvalue weighted by Crippen LogP contribution is 2.36. The Bertz CT molecular complexity index is 989. The van der Waals surface area contributed by atoms with Crippen LogP contribution in [0.2, 0.25) is 0 Å². The summed E-state index contributed by atoms with van der Waals surface area (Å²) in [5, 5.41) is 4.56. The maximum absolute atomic E-state index is 14.0. The zero-order valence-electron chi connectivity index (χ0n) is 14.2. The molecule has 3 aromatic rings. The van der Waals surface area contributed by atoms with Crippen LogP contribution in [0.25, 0.3) is 5.65 Å². The van der Waals surface area contributed by atoms with Crippen LogP contribution in [0.5, 0.6) is 0 Å². The molecule has 1 amide bonds. The van der Waals surface area contributed by atoms with Crippen LogP contribution in [0.1, 0.15) is 34.9 Å². The molecule has 134 valence electrons. The molecule has 0 aliphatic carbocycles. The molecule has 1 aromatic carbocycles. The van der Waals surface area contributed by atoms with E-state index in [0.29, 0.717) is 5.65 Å². The molecule has 0 radical (unpaired) electrons. The predicted octanol–water partition coefficient (Wildman–Crippen LogP) is 3.03. The third-order valence-corrected chi connectivity index (χ3v) is 5.37. The molecule has 1 unspecified atom stereocenters. The molecule has 4 rings (SSSR count). The molecule has 0 saturated carbocycles. The number of fused-ring (bicyclic) bond motifs is 1. The second-order valence-corrected chi connectivity index (χ2v) is 7.12. The van der Waals surface area contributed by atoms with E-state index < -0.39 is 5.91 Å². The number of nitrogens with two attached hydrogens (primary N) is 1. The summed E-state index contributed by atoms with van der Waals surface area (Å²) in [6.45, 7) is 0.814. The molecule has 1 aliphatic rings. The van der Waals surface area contributed by atoms with E-state index in [1.165, 1.54) is 22.5 Å². The van der Waals surface area contributed by atoms with Crippen molar-refractivity contribution in [2.24, 2.45) is 5.73 Å². The molecule has 1 fully saturated rings. The molecule has 0 bridgehead atoms. The molecule has 3 heterocycles. The monoisotopic (exact) mass is 371 g/mol. The lowest BCUT2D eigenvalue weighted by Crippen LogP contribution is -2.25. The van der Waals surface area contributed by atoms with Gasteiger partial charge in [-0.1, -0.05) is 0 Å². The van der Waals surface area contributed by atoms with Crippen LogP contribution in [0.4, 0.5) is 10.2 Å². The van der Waals surface area contributed by atoms with Crippen LogP contribution in [0.15, 0.2) is 41.4 Å². The van der Waals surface area contributed by atoms with E-state index in [2.05, 4.69) is 15.0 Å². The molecule has 2 aromatic heterocycles. The highest BCUT2D eigenvalue weighted by atomic mass is 32.2. The lowest BCUT2D eigenvalue weighted by molar-refractivity contribution is 0.0993. The van der Waals surface area contributed by atoms with Gasteiger partial charge in [0.05, 0.1) is 12.2 Å². The lowest BCUT2D eigenvalue weighted by atomic mass is 10.0. The maximum Gasteiger partial charge on any atom is 0.269 e. The van der Waals surface area contributed by atoms with Crippen molar-refractivity contribution in [3.63, 3.8) is 0 Å². The molecule has 1 atom stereocenters. The van der Waals surface area contributed by atoms with Crippen molar-refractivity contribution in [2.75, 3.05) is 17.7 Å². The van der Waals surface area contributed by atoms with Gasteiger partial charge in [0.15, 0.2) is 5.65 Å². The summed E-state index contributed by atoms with van der Waals surface area (Å²) < 4.78 is 15.5. The highest BCUT2D eigenvalue weighted by Gasteiger charge is 2.28. The van der Waals surface area contributed by atoms with Gasteiger partial charge in [-0.05, 0) is 55.0 Å². The second-order valence-electron chi connectivity index (χ2n) is 6.25. The molecule has 1 aliphatic heterocycles. The van der Waals surface area contributed by atoms with Crippen molar-refractivity contribution < 1.29 is 9.18 Å². The zero-order chi connectivity index (χ0) is 18.3. The van der Waals surface area contributed by atoms with Crippen molar-refractivity contribution in [3.05, 3.63) is 53.6 Å². The smallest absolute Gasteiger partial charge is 0.269 e. The SMILES string of the molecule is CSc1cc(F)cc(C2CCCN2c2ccc3ncc(C(N)=O)n3n2)c1. The largest absolute Gasteiger partial charge is 0.364 e. The van der Waals surface area contributed by atoms with Crippen LogP contribution < -0.4 is 10.6 Å². The Morgan fingerprint density at radius 3 is 2.96 bits per heavy atom. The Balaban J connectivity index is 1.75. The second kappa shape index (κ2) is 6.60. The summed E-state index contributed by atoms with van der Waals surface area (Å²) in [6, 6.07) is 8.89. The van der Waals surface area contributed by atoms with Crippen molar-refractivity contribution in [1.82, 2.24) is 14.6 Å². The number of rotatable bonds is 4. The van der Waals surface area contributed by atoms with E-state index in [9.17, 15) is 9.18 Å². The van der Waals surface area contributed by atoms with Crippen LogP contribution >= 0.6 is 11.8 Å². The molecule has 0 spiro atoms. The topological polar surface area (TPSA) is 76.5 Å². The first-order valence-corrected chi connectivity index (χ1v) is 9.55. The third kappa shape index (κ3) is 2.90. The fourth-order valence-electron chi connectivity index (χ4n) is 3.47. The predicted molar refractivity (Wildman–Crippen MR) is 99.0 cm³/mol. The summed E-state index contributed by atoms with van der Waals surface area (Å²) in [7, 11) is 0. The van der Waals surface area contributed by atoms with Gasteiger partial charge in [-0.2, -0.15) is 0 Å². The first kappa shape index (κ1) is 16.8. The van der Waals surface area contributed by atoms with Gasteiger partial charge in [-0.25, -0.2) is 13.9 Å². The minimum Gasteiger partial charge on any atom is -0.364 e. The van der Waals surface area contributed by atoms with Crippen molar-refractivity contribution >= 4 is 29.1 Å². The fraction of sp³-hybridized carbons (Fsp3) is 0.278. The number of thioether (sulfide) groups is 1. The minimum atomic E-state index is -0.574. The first-order chi connectivity index (χ1) is 12.6. The standard InChI is InChI=1S/C18H18FN5OS/c1-26-13-8-11(7-12(19)9-13)14-3-2-6-23(14)17-5-4-16-21-10-15(18(20)25)24(16)22-17/h4-5,7-10,14H,2-3,6H2,1H3,(H2,20,25). The van der Waals surface area contributed by atoms with Crippen LogP contribution in [-0.4, -0.2) is 33.3 Å². The van der Waals surface area contributed by atoms with Crippen LogP contribution in [0, 0.1) is 5.82 Å². The molecule has 8 heteroatoms. The Morgan fingerprint density at radius 2 is 2.19 bits per heavy atom. The van der Waals surface area contributed by atoms with Gasteiger partial charge in [-0.15, -0.1) is 16.9 Å². The number of anilines is 1. The quantitative estimate of drug-likeness (QED) is 0.714. The summed E-state index contributed by atoms with van der Waals surface area (Å²) in [4.78, 5) is 18.8. The number of imidazole rings is 1. The number of amides is 1. The number of aromatic nitrogens is 3. The lowest BCUT2D eigenvalue weighted by Gasteiger charge is -2.26. The van der Waals surface area contributed by atoms with E-state index in [1.54, 1.807) is 12.1 Å². The summed E-state index contributed by atoms with van der Waals surface area (Å²) >= 11 is 1.52. The van der Waals surface area contributed by atoms with Crippen molar-refractivity contribution in [2.45, 2.75) is 23.8 Å². The molecular formula is C18H18FN5OS. The summed E-state index contributed by atoms with van der Waals surface area (Å²) in [6.07, 6.45) is 5.27. The van der Waals surface area contributed by atoms with E-state index >= 15 is 0 Å². The number of benzene rings is 1. The average molecular weight is 371 g/mol. The average Bonchev–Trinajstić information content (AvgIpc) is 3.27. The number of nitrogens with zero attached hydrogens (tertiary/aromatic N) is 4. The van der Waals surface area contributed by atoms with Gasteiger partial charge in [0.2, 0.25) is 0 Å². The van der Waals surface area contributed by atoms with E-state index in [-0.39, 0.29) is 17.6 Å². The molecule has 26 heavy (non-hydrogen) atoms. The summed E-state index contributed by atoms with van der Waals surface area (Å²) in [5.41, 5.74) is 7.14. The Labute approximate surface area is 154 Å². The Morgan fingerprint density at radius 1 is 1.35 bits per heavy atom. The number of carbonyl (C=O) groups is 1. The molecule has 6 nitrogen and oxygen atoms in total. The summed E-state index contributed by atoms with van der Waals surface area (Å²) in [5.74, 6) is -0.0851. The Hall–Kier alpha value is -2.61. The van der Waals surface area contributed by atoms with Gasteiger partial charge in [-0.3, -0.25) is 4.79 Å². The van der Waals surface area contributed by atoms with Gasteiger partial charge in [0.1, 0.15) is 17.3 Å². The molecule has 1 saturated heterocycles. The molecule has 2 N–H and O–H groups in total. The Kier molecular flexibility index (Phi) is 4.28. The van der Waals surface area contributed by atoms with Gasteiger partial charge in [0, 0.05) is 11.4 Å². The maximum atomic E-state index is 14.0. The zero-order valence-corrected chi connectivity index (χ0v) is 15.0. The highest BCUT2D eigenvalue weighted by molar-refractivity contribution is 7.98. The first-order valence-electron chi connectivity index (χ1n) is 8.32. The normalized spacial score (nSPS) is 17.2.